The van der Waals surface area contributed by atoms with Crippen LogP contribution in [-0.4, -0.2) is 28.0 Å². The van der Waals surface area contributed by atoms with Gasteiger partial charge in [-0.2, -0.15) is 0 Å². The van der Waals surface area contributed by atoms with Crippen molar-refractivity contribution in [1.82, 2.24) is 4.98 Å². The standard InChI is InChI=1S/C13H19BrFNOS.C2H6/c1-5-18(6-2,7-3)10-8-11(14)16-13(9(4)17)12(10)15;1-2/h8H,5-7H2,1-4H3;1-2H3. The molecule has 0 aliphatic rings. The van der Waals surface area contributed by atoms with E-state index in [-0.39, 0.29) is 11.5 Å². The number of pyridine rings is 1. The van der Waals surface area contributed by atoms with Gasteiger partial charge in [0.15, 0.2) is 11.6 Å². The molecule has 0 spiro atoms. The number of hydrogen-bond acceptors (Lipinski definition) is 2. The molecule has 0 radical (unpaired) electrons. The highest BCUT2D eigenvalue weighted by atomic mass is 79.9. The fourth-order valence-electron chi connectivity index (χ4n) is 2.10. The Bertz CT molecular complexity index is 453. The zero-order chi connectivity index (χ0) is 15.9. The average Bonchev–Trinajstić information content (AvgIpc) is 2.46. The lowest BCUT2D eigenvalue weighted by Gasteiger charge is -2.38. The molecule has 5 heteroatoms. The predicted octanol–water partition coefficient (Wildman–Crippen LogP) is 5.44. The molecule has 1 aromatic heterocycles. The normalized spacial score (nSPS) is 11.6. The number of rotatable bonds is 5. The van der Waals surface area contributed by atoms with E-state index in [1.165, 1.54) is 6.92 Å². The van der Waals surface area contributed by atoms with Gasteiger partial charge in [0, 0.05) is 11.8 Å². The Morgan fingerprint density at radius 3 is 2.05 bits per heavy atom. The lowest BCUT2D eigenvalue weighted by Crippen LogP contribution is -2.14. The molecule has 1 heterocycles. The first-order valence-corrected chi connectivity index (χ1v) is 9.98. The summed E-state index contributed by atoms with van der Waals surface area (Å²) in [5.74, 6) is 2.01. The first-order valence-electron chi connectivity index (χ1n) is 7.05. The minimum absolute atomic E-state index is 0.0494. The molecule has 0 aliphatic heterocycles. The molecule has 0 aliphatic carbocycles. The lowest BCUT2D eigenvalue weighted by atomic mass is 10.2. The monoisotopic (exact) mass is 365 g/mol. The van der Waals surface area contributed by atoms with Crippen LogP contribution in [0.1, 0.15) is 52.0 Å². The number of nitrogens with zero attached hydrogens (tertiary/aromatic N) is 1. The third-order valence-electron chi connectivity index (χ3n) is 3.35. The van der Waals surface area contributed by atoms with E-state index in [9.17, 15) is 9.18 Å². The third-order valence-corrected chi connectivity index (χ3v) is 8.30. The van der Waals surface area contributed by atoms with Crippen molar-refractivity contribution >= 4 is 31.7 Å². The third kappa shape index (κ3) is 4.04. The zero-order valence-electron chi connectivity index (χ0n) is 13.2. The van der Waals surface area contributed by atoms with Gasteiger partial charge in [0.05, 0.1) is 0 Å². The van der Waals surface area contributed by atoms with Gasteiger partial charge in [-0.05, 0) is 39.3 Å². The molecule has 0 N–H and O–H groups in total. The Morgan fingerprint density at radius 1 is 1.25 bits per heavy atom. The van der Waals surface area contributed by atoms with Crippen LogP contribution in [-0.2, 0) is 0 Å². The fourth-order valence-corrected chi connectivity index (χ4v) is 5.66. The summed E-state index contributed by atoms with van der Waals surface area (Å²) >= 11 is 3.28. The minimum Gasteiger partial charge on any atom is -0.293 e. The number of ketones is 1. The number of carbonyl (C=O) groups is 1. The van der Waals surface area contributed by atoms with Gasteiger partial charge in [-0.25, -0.2) is 19.4 Å². The van der Waals surface area contributed by atoms with Gasteiger partial charge in [-0.15, -0.1) is 0 Å². The van der Waals surface area contributed by atoms with E-state index < -0.39 is 15.8 Å². The Hall–Kier alpha value is -0.420. The molecule has 0 atom stereocenters. The van der Waals surface area contributed by atoms with E-state index in [4.69, 9.17) is 0 Å². The van der Waals surface area contributed by atoms with Crippen molar-refractivity contribution in [2.24, 2.45) is 0 Å². The maximum Gasteiger partial charge on any atom is 0.181 e. The Morgan fingerprint density at radius 2 is 1.70 bits per heavy atom. The molecular weight excluding hydrogens is 341 g/mol. The highest BCUT2D eigenvalue weighted by molar-refractivity contribution is 9.10. The number of halogens is 2. The summed E-state index contributed by atoms with van der Waals surface area (Å²) in [6.07, 6.45) is 0. The van der Waals surface area contributed by atoms with Crippen molar-refractivity contribution in [2.45, 2.75) is 46.4 Å². The molecular formula is C15H25BrFNOS. The largest absolute Gasteiger partial charge is 0.293 e. The van der Waals surface area contributed by atoms with Crippen LogP contribution in [0.2, 0.25) is 0 Å². The van der Waals surface area contributed by atoms with Crippen LogP contribution in [0.3, 0.4) is 0 Å². The summed E-state index contributed by atoms with van der Waals surface area (Å²) in [7, 11) is -1.20. The van der Waals surface area contributed by atoms with E-state index in [1.807, 2.05) is 13.8 Å². The number of Topliss-reactive ketones (excluding diaryl/α,β-unsaturated/α-hetero) is 1. The van der Waals surface area contributed by atoms with Crippen molar-refractivity contribution in [2.75, 3.05) is 17.3 Å². The van der Waals surface area contributed by atoms with Crippen LogP contribution in [0, 0.1) is 5.82 Å². The van der Waals surface area contributed by atoms with Gasteiger partial charge in [0.2, 0.25) is 0 Å². The zero-order valence-corrected chi connectivity index (χ0v) is 15.6. The van der Waals surface area contributed by atoms with Crippen molar-refractivity contribution in [3.63, 3.8) is 0 Å². The molecule has 0 saturated heterocycles. The van der Waals surface area contributed by atoms with E-state index in [0.717, 1.165) is 17.3 Å². The summed E-state index contributed by atoms with van der Waals surface area (Å²) in [5.41, 5.74) is -0.0494. The summed E-state index contributed by atoms with van der Waals surface area (Å²) in [6, 6.07) is 1.74. The van der Waals surface area contributed by atoms with E-state index in [1.54, 1.807) is 6.07 Å². The van der Waals surface area contributed by atoms with Gasteiger partial charge in [-0.1, -0.05) is 34.6 Å². The average molecular weight is 366 g/mol. The van der Waals surface area contributed by atoms with Crippen LogP contribution in [0.4, 0.5) is 4.39 Å². The maximum atomic E-state index is 14.5. The number of hydrogen-bond donors (Lipinski definition) is 0. The molecule has 2 nitrogen and oxygen atoms in total. The maximum absolute atomic E-state index is 14.5. The topological polar surface area (TPSA) is 30.0 Å². The lowest BCUT2D eigenvalue weighted by molar-refractivity contribution is 0.100. The van der Waals surface area contributed by atoms with E-state index >= 15 is 0 Å². The van der Waals surface area contributed by atoms with Gasteiger partial charge in [-0.3, -0.25) is 4.79 Å². The predicted molar refractivity (Wildman–Crippen MR) is 90.7 cm³/mol. The number of carbonyl (C=O) groups excluding carboxylic acids is 1. The first-order chi connectivity index (χ1) is 9.41. The highest BCUT2D eigenvalue weighted by Gasteiger charge is 2.27. The number of aromatic nitrogens is 1. The van der Waals surface area contributed by atoms with Crippen LogP contribution in [0.5, 0.6) is 0 Å². The molecule has 0 bridgehead atoms. The summed E-state index contributed by atoms with van der Waals surface area (Å²) in [4.78, 5) is 16.1. The highest BCUT2D eigenvalue weighted by Crippen LogP contribution is 2.56. The quantitative estimate of drug-likeness (QED) is 0.513. The van der Waals surface area contributed by atoms with Crippen LogP contribution < -0.4 is 0 Å². The van der Waals surface area contributed by atoms with E-state index in [0.29, 0.717) is 9.50 Å². The van der Waals surface area contributed by atoms with Crippen LogP contribution in [0.25, 0.3) is 0 Å². The molecule has 116 valence electrons. The molecule has 0 saturated carbocycles. The van der Waals surface area contributed by atoms with Crippen molar-refractivity contribution in [1.29, 1.82) is 0 Å². The summed E-state index contributed by atoms with van der Waals surface area (Å²) in [5, 5.41) is 0. The van der Waals surface area contributed by atoms with Gasteiger partial charge >= 0.3 is 0 Å². The second kappa shape index (κ2) is 8.78. The Balaban J connectivity index is 0.00000172. The fraction of sp³-hybridized carbons (Fsp3) is 0.600. The molecule has 0 unspecified atom stereocenters. The van der Waals surface area contributed by atoms with Crippen molar-refractivity contribution < 1.29 is 9.18 Å². The van der Waals surface area contributed by atoms with Crippen LogP contribution in [0.15, 0.2) is 15.6 Å². The second-order valence-corrected chi connectivity index (χ2v) is 9.15. The Labute approximate surface area is 132 Å². The van der Waals surface area contributed by atoms with E-state index in [2.05, 4.69) is 41.7 Å². The van der Waals surface area contributed by atoms with Gasteiger partial charge in [0.25, 0.3) is 0 Å². The SMILES string of the molecule is CC.CCS(CC)(CC)c1cc(Br)nc(C(C)=O)c1F. The minimum atomic E-state index is -1.20. The van der Waals surface area contributed by atoms with Crippen molar-refractivity contribution in [3.8, 4) is 0 Å². The second-order valence-electron chi connectivity index (χ2n) is 4.07. The molecule has 1 rings (SSSR count). The summed E-state index contributed by atoms with van der Waals surface area (Å²) in [6.45, 7) is 11.6. The van der Waals surface area contributed by atoms with Crippen LogP contribution >= 0.6 is 26.0 Å². The molecule has 1 aromatic rings. The van der Waals surface area contributed by atoms with Gasteiger partial charge < -0.3 is 0 Å². The molecule has 0 fully saturated rings. The smallest absolute Gasteiger partial charge is 0.181 e. The summed E-state index contributed by atoms with van der Waals surface area (Å²) < 4.78 is 15.0. The first kappa shape index (κ1) is 19.6. The van der Waals surface area contributed by atoms with Gasteiger partial charge in [0.1, 0.15) is 10.3 Å². The molecule has 20 heavy (non-hydrogen) atoms. The molecule has 0 amide bonds. The Kier molecular flexibility index (Phi) is 8.59. The van der Waals surface area contributed by atoms with Crippen molar-refractivity contribution in [3.05, 3.63) is 22.2 Å². The molecule has 0 aromatic carbocycles.